The second-order valence-electron chi connectivity index (χ2n) is 3.20. The first-order valence-corrected chi connectivity index (χ1v) is 5.22. The van der Waals surface area contributed by atoms with Crippen LogP contribution in [0.4, 0.5) is 0 Å². The summed E-state index contributed by atoms with van der Waals surface area (Å²) in [4.78, 5) is 0. The highest BCUT2D eigenvalue weighted by atomic mass is 13.9. The van der Waals surface area contributed by atoms with E-state index in [0.29, 0.717) is 0 Å². The molecule has 1 aliphatic carbocycles. The molecule has 0 aliphatic heterocycles. The van der Waals surface area contributed by atoms with Gasteiger partial charge in [-0.25, -0.2) is 0 Å². The lowest BCUT2D eigenvalue weighted by Crippen LogP contribution is -1.72. The molecule has 1 radical (unpaired) electrons. The number of rotatable bonds is 0. The zero-order chi connectivity index (χ0) is 9.90. The summed E-state index contributed by atoms with van der Waals surface area (Å²) >= 11 is 0. The van der Waals surface area contributed by atoms with Crippen LogP contribution in [0.2, 0.25) is 0 Å². The zero-order valence-corrected chi connectivity index (χ0v) is 8.52. The first kappa shape index (κ1) is 10.8. The van der Waals surface area contributed by atoms with Crippen molar-refractivity contribution >= 4 is 0 Å². The van der Waals surface area contributed by atoms with Crippen LogP contribution in [0.3, 0.4) is 0 Å². The molecule has 0 amide bonds. The van der Waals surface area contributed by atoms with Crippen molar-refractivity contribution in [3.8, 4) is 0 Å². The lowest BCUT2D eigenvalue weighted by Gasteiger charge is -1.91. The molecular formula is C14H17. The molecule has 0 fully saturated rings. The fourth-order valence-electron chi connectivity index (χ4n) is 1.19. The molecule has 0 unspecified atom stereocenters. The summed E-state index contributed by atoms with van der Waals surface area (Å²) < 4.78 is 0. The molecule has 0 bridgehead atoms. The van der Waals surface area contributed by atoms with Gasteiger partial charge in [-0.05, 0) is 31.8 Å². The van der Waals surface area contributed by atoms with Crippen molar-refractivity contribution in [2.24, 2.45) is 0 Å². The molecule has 73 valence electrons. The maximum absolute atomic E-state index is 3.25. The minimum absolute atomic E-state index is 1.07. The first-order chi connectivity index (χ1) is 7.00. The fraction of sp³-hybridized carbons (Fsp3) is 0.286. The average molecular weight is 185 g/mol. The van der Waals surface area contributed by atoms with Crippen molar-refractivity contribution in [3.63, 3.8) is 0 Å². The molecule has 0 heteroatoms. The molecule has 0 atom stereocenters. The number of hydrogen-bond acceptors (Lipinski definition) is 0. The van der Waals surface area contributed by atoms with Crippen LogP contribution in [0.25, 0.3) is 0 Å². The summed E-state index contributed by atoms with van der Waals surface area (Å²) in [5, 5.41) is 0. The van der Waals surface area contributed by atoms with Gasteiger partial charge in [0.1, 0.15) is 0 Å². The highest BCUT2D eigenvalue weighted by Gasteiger charge is 1.82. The second kappa shape index (κ2) is 8.31. The minimum atomic E-state index is 1.07. The average Bonchev–Trinajstić information content (AvgIpc) is 2.22. The van der Waals surface area contributed by atoms with Gasteiger partial charge in [0.15, 0.2) is 0 Å². The Kier molecular flexibility index (Phi) is 6.39. The number of hydrogen-bond donors (Lipinski definition) is 0. The van der Waals surface area contributed by atoms with Crippen LogP contribution in [-0.4, -0.2) is 0 Å². The highest BCUT2D eigenvalue weighted by Crippen LogP contribution is 2.01. The third-order valence-electron chi connectivity index (χ3n) is 1.96. The molecule has 0 N–H and O–H groups in total. The van der Waals surface area contributed by atoms with Gasteiger partial charge in [-0.2, -0.15) is 0 Å². The van der Waals surface area contributed by atoms with Crippen LogP contribution < -0.4 is 0 Å². The zero-order valence-electron chi connectivity index (χ0n) is 8.52. The van der Waals surface area contributed by atoms with E-state index in [2.05, 4.69) is 24.3 Å². The Hall–Kier alpha value is -1.30. The van der Waals surface area contributed by atoms with Crippen LogP contribution in [0, 0.1) is 6.08 Å². The number of allylic oxidation sites excluding steroid dienone is 10. The molecule has 0 aromatic carbocycles. The standard InChI is InChI=1S/C14H17/c1-2-4-6-8-10-12-14-13-11-9-7-5-3-1/h1-9H,10,12-14H2/b3-1+,4-2-,7-5-,8-6+,11-9?. The van der Waals surface area contributed by atoms with E-state index >= 15 is 0 Å². The summed E-state index contributed by atoms with van der Waals surface area (Å²) in [7, 11) is 0. The predicted molar refractivity (Wildman–Crippen MR) is 62.8 cm³/mol. The van der Waals surface area contributed by atoms with E-state index < -0.39 is 0 Å². The monoisotopic (exact) mass is 185 g/mol. The van der Waals surface area contributed by atoms with E-state index in [1.54, 1.807) is 0 Å². The van der Waals surface area contributed by atoms with Crippen molar-refractivity contribution in [2.75, 3.05) is 0 Å². The van der Waals surface area contributed by atoms with E-state index in [0.717, 1.165) is 6.42 Å². The summed E-state index contributed by atoms with van der Waals surface area (Å²) in [5.74, 6) is 0. The van der Waals surface area contributed by atoms with Crippen LogP contribution >= 0.6 is 0 Å². The van der Waals surface area contributed by atoms with Gasteiger partial charge in [0.25, 0.3) is 0 Å². The molecule has 0 aromatic rings. The molecule has 0 heterocycles. The predicted octanol–water partition coefficient (Wildman–Crippen LogP) is 4.14. The molecule has 1 aliphatic rings. The van der Waals surface area contributed by atoms with Crippen molar-refractivity contribution in [2.45, 2.75) is 25.7 Å². The molecule has 0 aromatic heterocycles. The molecular weight excluding hydrogens is 168 g/mol. The van der Waals surface area contributed by atoms with Gasteiger partial charge in [0, 0.05) is 0 Å². The molecule has 0 saturated heterocycles. The van der Waals surface area contributed by atoms with Gasteiger partial charge < -0.3 is 0 Å². The summed E-state index contributed by atoms with van der Waals surface area (Å²) in [5.41, 5.74) is 0. The van der Waals surface area contributed by atoms with Crippen molar-refractivity contribution in [1.82, 2.24) is 0 Å². The lowest BCUT2D eigenvalue weighted by atomic mass is 10.1. The van der Waals surface area contributed by atoms with E-state index in [1.807, 2.05) is 36.5 Å². The molecule has 0 nitrogen and oxygen atoms in total. The van der Waals surface area contributed by atoms with Crippen molar-refractivity contribution in [1.29, 1.82) is 0 Å². The maximum atomic E-state index is 3.25. The lowest BCUT2D eigenvalue weighted by molar-refractivity contribution is 0.754. The van der Waals surface area contributed by atoms with Gasteiger partial charge in [0.05, 0.1) is 0 Å². The third kappa shape index (κ3) is 6.24. The Morgan fingerprint density at radius 3 is 2.29 bits per heavy atom. The SMILES string of the molecule is [C]1=C/C=C\C=C\C=C/C=C/CCCC/1. The van der Waals surface area contributed by atoms with E-state index in [-0.39, 0.29) is 0 Å². The minimum Gasteiger partial charge on any atom is -0.0845 e. The van der Waals surface area contributed by atoms with Gasteiger partial charge in [0.2, 0.25) is 0 Å². The smallest absolute Gasteiger partial charge is 0.0276 e. The summed E-state index contributed by atoms with van der Waals surface area (Å²) in [6, 6.07) is 0. The normalized spacial score (nSPS) is 29.7. The van der Waals surface area contributed by atoms with Crippen LogP contribution in [-0.2, 0) is 0 Å². The van der Waals surface area contributed by atoms with Gasteiger partial charge in [-0.3, -0.25) is 0 Å². The summed E-state index contributed by atoms with van der Waals surface area (Å²) in [6.45, 7) is 0. The molecule has 0 spiro atoms. The summed E-state index contributed by atoms with van der Waals surface area (Å²) in [6.07, 6.45) is 26.5. The van der Waals surface area contributed by atoms with Gasteiger partial charge >= 0.3 is 0 Å². The quantitative estimate of drug-likeness (QED) is 0.532. The Morgan fingerprint density at radius 2 is 1.43 bits per heavy atom. The largest absolute Gasteiger partial charge is 0.0845 e. The third-order valence-corrected chi connectivity index (χ3v) is 1.96. The highest BCUT2D eigenvalue weighted by molar-refractivity contribution is 5.17. The Bertz CT molecular complexity index is 234. The van der Waals surface area contributed by atoms with Crippen LogP contribution in [0.5, 0.6) is 0 Å². The Balaban J connectivity index is 2.46. The molecule has 14 heavy (non-hydrogen) atoms. The van der Waals surface area contributed by atoms with Crippen molar-refractivity contribution < 1.29 is 0 Å². The Morgan fingerprint density at radius 1 is 0.714 bits per heavy atom. The topological polar surface area (TPSA) is 0 Å². The Labute approximate surface area is 87.0 Å². The van der Waals surface area contributed by atoms with E-state index in [9.17, 15) is 0 Å². The van der Waals surface area contributed by atoms with Crippen LogP contribution in [0.15, 0.2) is 54.7 Å². The fourth-order valence-corrected chi connectivity index (χ4v) is 1.19. The van der Waals surface area contributed by atoms with Gasteiger partial charge in [-0.1, -0.05) is 54.7 Å². The van der Waals surface area contributed by atoms with Crippen LogP contribution in [0.1, 0.15) is 25.7 Å². The maximum Gasteiger partial charge on any atom is -0.0276 e. The molecule has 1 rings (SSSR count). The first-order valence-electron chi connectivity index (χ1n) is 5.22. The van der Waals surface area contributed by atoms with E-state index in [1.165, 1.54) is 19.3 Å². The van der Waals surface area contributed by atoms with Gasteiger partial charge in [-0.15, -0.1) is 0 Å². The second-order valence-corrected chi connectivity index (χ2v) is 3.20. The molecule has 0 saturated carbocycles. The van der Waals surface area contributed by atoms with E-state index in [4.69, 9.17) is 0 Å². The van der Waals surface area contributed by atoms with Crippen molar-refractivity contribution in [3.05, 3.63) is 60.8 Å².